The van der Waals surface area contributed by atoms with Gasteiger partial charge < -0.3 is 9.80 Å². The molecule has 0 N–H and O–H groups in total. The van der Waals surface area contributed by atoms with Crippen molar-refractivity contribution in [2.75, 3.05) is 38.1 Å². The first-order chi connectivity index (χ1) is 14.3. The van der Waals surface area contributed by atoms with E-state index in [1.165, 1.54) is 15.3 Å². The topological polar surface area (TPSA) is 60.9 Å². The summed E-state index contributed by atoms with van der Waals surface area (Å²) in [5.74, 6) is -0.448. The molecule has 0 radical (unpaired) electrons. The average Bonchev–Trinajstić information content (AvgIpc) is 3.12. The second kappa shape index (κ2) is 9.14. The van der Waals surface area contributed by atoms with E-state index in [2.05, 4.69) is 0 Å². The second-order valence-electron chi connectivity index (χ2n) is 7.39. The van der Waals surface area contributed by atoms with Gasteiger partial charge >= 0.3 is 0 Å². The van der Waals surface area contributed by atoms with Crippen LogP contribution in [0.15, 0.2) is 47.4 Å². The highest BCUT2D eigenvalue weighted by Crippen LogP contribution is 2.31. The number of amides is 1. The number of nitrogens with zero attached hydrogens (tertiary/aromatic N) is 3. The van der Waals surface area contributed by atoms with Gasteiger partial charge in [-0.3, -0.25) is 4.79 Å². The van der Waals surface area contributed by atoms with Crippen molar-refractivity contribution in [3.05, 3.63) is 59.4 Å². The quantitative estimate of drug-likeness (QED) is 0.642. The number of hydrogen-bond acceptors (Lipinski definition) is 4. The smallest absolute Gasteiger partial charge is 0.243 e. The van der Waals surface area contributed by atoms with Crippen molar-refractivity contribution in [3.63, 3.8) is 0 Å². The van der Waals surface area contributed by atoms with Gasteiger partial charge in [0.25, 0.3) is 0 Å². The summed E-state index contributed by atoms with van der Waals surface area (Å²) in [6.07, 6.45) is 0.682. The van der Waals surface area contributed by atoms with Crippen LogP contribution in [0.3, 0.4) is 0 Å². The minimum Gasteiger partial charge on any atom is -0.362 e. The average molecular weight is 434 g/mol. The van der Waals surface area contributed by atoms with Crippen LogP contribution in [-0.2, 0) is 27.8 Å². The zero-order chi connectivity index (χ0) is 21.9. The van der Waals surface area contributed by atoms with Gasteiger partial charge in [0, 0.05) is 44.5 Å². The lowest BCUT2D eigenvalue weighted by molar-refractivity contribution is -0.128. The third kappa shape index (κ3) is 4.49. The van der Waals surface area contributed by atoms with Gasteiger partial charge in [-0.2, -0.15) is 4.31 Å². The maximum atomic E-state index is 13.9. The van der Waals surface area contributed by atoms with Crippen molar-refractivity contribution in [3.8, 4) is 0 Å². The Balaban J connectivity index is 1.71. The first-order valence-electron chi connectivity index (χ1n) is 10.1. The summed E-state index contributed by atoms with van der Waals surface area (Å²) in [6, 6.07) is 11.5. The first-order valence-corrected chi connectivity index (χ1v) is 11.6. The summed E-state index contributed by atoms with van der Waals surface area (Å²) in [4.78, 5) is 16.4. The molecule has 0 bridgehead atoms. The summed E-state index contributed by atoms with van der Waals surface area (Å²) in [5.41, 5.74) is 2.27. The van der Waals surface area contributed by atoms with Crippen molar-refractivity contribution in [2.24, 2.45) is 0 Å². The summed E-state index contributed by atoms with van der Waals surface area (Å²) in [6.45, 7) is 5.49. The summed E-state index contributed by atoms with van der Waals surface area (Å²) < 4.78 is 40.8. The summed E-state index contributed by atoms with van der Waals surface area (Å²) in [7, 11) is -1.85. The third-order valence-electron chi connectivity index (χ3n) is 5.50. The molecule has 1 aliphatic rings. The lowest BCUT2D eigenvalue weighted by atomic mass is 10.2. The van der Waals surface area contributed by atoms with Crippen molar-refractivity contribution in [1.29, 1.82) is 0 Å². The fourth-order valence-corrected chi connectivity index (χ4v) is 5.25. The van der Waals surface area contributed by atoms with Crippen LogP contribution in [0.2, 0.25) is 0 Å². The van der Waals surface area contributed by atoms with E-state index >= 15 is 0 Å². The normalized spacial score (nSPS) is 13.6. The van der Waals surface area contributed by atoms with Crippen molar-refractivity contribution >= 4 is 21.6 Å². The number of carbonyl (C=O) groups excluding carboxylic acids is 1. The molecule has 0 saturated carbocycles. The molecule has 0 unspecified atom stereocenters. The molecule has 0 aromatic heterocycles. The highest BCUT2D eigenvalue weighted by atomic mass is 32.2. The Morgan fingerprint density at radius 2 is 1.83 bits per heavy atom. The molecule has 6 nitrogen and oxygen atoms in total. The fraction of sp³-hybridized carbons (Fsp3) is 0.409. The predicted molar refractivity (Wildman–Crippen MR) is 115 cm³/mol. The molecule has 0 aliphatic carbocycles. The lowest BCUT2D eigenvalue weighted by Crippen LogP contribution is -2.37. The molecule has 1 amide bonds. The van der Waals surface area contributed by atoms with Crippen LogP contribution in [0.1, 0.15) is 25.0 Å². The first kappa shape index (κ1) is 22.2. The van der Waals surface area contributed by atoms with Crippen LogP contribution in [0.5, 0.6) is 0 Å². The molecule has 0 fully saturated rings. The van der Waals surface area contributed by atoms with Crippen molar-refractivity contribution in [1.82, 2.24) is 9.21 Å². The highest BCUT2D eigenvalue weighted by molar-refractivity contribution is 7.89. The molecular formula is C22H28FN3O3S. The van der Waals surface area contributed by atoms with Gasteiger partial charge in [0.15, 0.2) is 0 Å². The predicted octanol–water partition coefficient (Wildman–Crippen LogP) is 2.88. The van der Waals surface area contributed by atoms with Gasteiger partial charge in [0.1, 0.15) is 5.82 Å². The van der Waals surface area contributed by atoms with Crippen LogP contribution in [0.25, 0.3) is 0 Å². The number of likely N-dealkylation sites (N-methyl/N-ethyl adjacent to an activating group) is 1. The molecule has 1 heterocycles. The van der Waals surface area contributed by atoms with Crippen LogP contribution >= 0.6 is 0 Å². The van der Waals surface area contributed by atoms with Gasteiger partial charge in [-0.25, -0.2) is 12.8 Å². The molecule has 0 spiro atoms. The molecular weight excluding hydrogens is 405 g/mol. The van der Waals surface area contributed by atoms with E-state index in [4.69, 9.17) is 0 Å². The van der Waals surface area contributed by atoms with Crippen LogP contribution < -0.4 is 4.90 Å². The van der Waals surface area contributed by atoms with Crippen LogP contribution in [0, 0.1) is 5.82 Å². The zero-order valence-corrected chi connectivity index (χ0v) is 18.5. The Hall–Kier alpha value is -2.45. The van der Waals surface area contributed by atoms with Gasteiger partial charge in [-0.05, 0) is 36.2 Å². The lowest BCUT2D eigenvalue weighted by Gasteiger charge is -2.24. The molecule has 0 atom stereocenters. The maximum absolute atomic E-state index is 13.9. The Labute approximate surface area is 177 Å². The van der Waals surface area contributed by atoms with Gasteiger partial charge in [0.2, 0.25) is 15.9 Å². The molecule has 162 valence electrons. The molecule has 2 aromatic rings. The third-order valence-corrected chi connectivity index (χ3v) is 7.55. The van der Waals surface area contributed by atoms with E-state index in [0.717, 1.165) is 11.3 Å². The number of anilines is 1. The van der Waals surface area contributed by atoms with E-state index < -0.39 is 10.0 Å². The molecule has 0 saturated heterocycles. The standard InChI is InChI=1S/C22H28FN3O3S/c1-4-26(5-2)30(28,29)19-10-11-21-17(14-19)12-13-25(21)16-22(27)24(3)15-18-8-6-7-9-20(18)23/h6-11,14H,4-5,12-13,15-16H2,1-3H3. The maximum Gasteiger partial charge on any atom is 0.243 e. The molecule has 3 rings (SSSR count). The minimum absolute atomic E-state index is 0.119. The van der Waals surface area contributed by atoms with Crippen molar-refractivity contribution < 1.29 is 17.6 Å². The molecule has 30 heavy (non-hydrogen) atoms. The number of sulfonamides is 1. The van der Waals surface area contributed by atoms with E-state index in [0.29, 0.717) is 31.6 Å². The van der Waals surface area contributed by atoms with E-state index in [9.17, 15) is 17.6 Å². The number of hydrogen-bond donors (Lipinski definition) is 0. The number of benzene rings is 2. The van der Waals surface area contributed by atoms with Crippen LogP contribution in [-0.4, -0.2) is 56.8 Å². The zero-order valence-electron chi connectivity index (χ0n) is 17.6. The summed E-state index contributed by atoms with van der Waals surface area (Å²) in [5, 5.41) is 0. The second-order valence-corrected chi connectivity index (χ2v) is 9.33. The van der Waals surface area contributed by atoms with Gasteiger partial charge in [0.05, 0.1) is 11.4 Å². The number of carbonyl (C=O) groups is 1. The largest absolute Gasteiger partial charge is 0.362 e. The van der Waals surface area contributed by atoms with E-state index in [1.54, 1.807) is 43.4 Å². The fourth-order valence-electron chi connectivity index (χ4n) is 3.74. The Bertz CT molecular complexity index is 1020. The van der Waals surface area contributed by atoms with Gasteiger partial charge in [-0.15, -0.1) is 0 Å². The monoisotopic (exact) mass is 433 g/mol. The number of fused-ring (bicyclic) bond motifs is 1. The summed E-state index contributed by atoms with van der Waals surface area (Å²) >= 11 is 0. The highest BCUT2D eigenvalue weighted by Gasteiger charge is 2.27. The number of halogens is 1. The Kier molecular flexibility index (Phi) is 6.77. The molecule has 8 heteroatoms. The Morgan fingerprint density at radius 3 is 2.50 bits per heavy atom. The van der Waals surface area contributed by atoms with E-state index in [1.807, 2.05) is 18.7 Å². The van der Waals surface area contributed by atoms with Gasteiger partial charge in [-0.1, -0.05) is 32.0 Å². The molecule has 2 aromatic carbocycles. The number of rotatable bonds is 8. The molecule has 1 aliphatic heterocycles. The van der Waals surface area contributed by atoms with Crippen molar-refractivity contribution in [2.45, 2.75) is 31.7 Å². The minimum atomic E-state index is -3.51. The Morgan fingerprint density at radius 1 is 1.13 bits per heavy atom. The SMILES string of the molecule is CCN(CC)S(=O)(=O)c1ccc2c(c1)CCN2CC(=O)N(C)Cc1ccccc1F. The van der Waals surface area contributed by atoms with E-state index in [-0.39, 0.29) is 29.7 Å². The van der Waals surface area contributed by atoms with Crippen LogP contribution in [0.4, 0.5) is 10.1 Å².